The maximum atomic E-state index is 13.2. The van der Waals surface area contributed by atoms with Crippen molar-refractivity contribution in [2.24, 2.45) is 0 Å². The van der Waals surface area contributed by atoms with Crippen molar-refractivity contribution in [3.63, 3.8) is 0 Å². The number of rotatable bonds is 23. The van der Waals surface area contributed by atoms with Crippen molar-refractivity contribution in [1.82, 2.24) is 29.9 Å². The molecule has 0 aliphatic carbocycles. The fourth-order valence-electron chi connectivity index (χ4n) is 9.89. The number of hydrogen-bond acceptors (Lipinski definition) is 25. The van der Waals surface area contributed by atoms with Crippen LogP contribution in [0, 0.1) is 10.1 Å². The van der Waals surface area contributed by atoms with Crippen molar-refractivity contribution in [2.75, 3.05) is 64.3 Å². The first-order valence-corrected chi connectivity index (χ1v) is 34.8. The quantitative estimate of drug-likeness (QED) is 0.0226. The highest BCUT2D eigenvalue weighted by molar-refractivity contribution is 7.91. The summed E-state index contributed by atoms with van der Waals surface area (Å²) < 4.78 is 111. The number of para-hydroxylation sites is 6. The first-order chi connectivity index (χ1) is 47.6. The molecule has 9 aromatic carbocycles. The largest absolute Gasteiger partial charge is 0.497 e. The summed E-state index contributed by atoms with van der Waals surface area (Å²) in [7, 11) is -2.21. The van der Waals surface area contributed by atoms with Crippen molar-refractivity contribution in [1.29, 1.82) is 0 Å². The molecule has 26 nitrogen and oxygen atoms in total. The molecule has 0 unspecified atom stereocenters. The molecule has 0 fully saturated rings. The third-order valence-corrected chi connectivity index (χ3v) is 19.7. The number of aromatic nitrogens is 6. The molecule has 0 radical (unpaired) electrons. The summed E-state index contributed by atoms with van der Waals surface area (Å²) in [6.07, 6.45) is 0. The molecule has 3 heterocycles. The highest BCUT2D eigenvalue weighted by Crippen LogP contribution is 2.35. The zero-order valence-electron chi connectivity index (χ0n) is 54.0. The van der Waals surface area contributed by atoms with Crippen molar-refractivity contribution in [2.45, 2.75) is 38.6 Å². The summed E-state index contributed by atoms with van der Waals surface area (Å²) in [4.78, 5) is 38.1. The van der Waals surface area contributed by atoms with Gasteiger partial charge in [-0.3, -0.25) is 10.1 Å². The van der Waals surface area contributed by atoms with Gasteiger partial charge in [-0.15, -0.1) is 0 Å². The fraction of sp³-hybridized carbons (Fsp3) is 0.143. The minimum Gasteiger partial charge on any atom is -0.497 e. The Morgan fingerprint density at radius 1 is 0.384 bits per heavy atom. The van der Waals surface area contributed by atoms with Crippen molar-refractivity contribution in [3.8, 4) is 34.5 Å². The van der Waals surface area contributed by atoms with Crippen LogP contribution < -0.4 is 50.1 Å². The van der Waals surface area contributed by atoms with E-state index in [4.69, 9.17) is 34.2 Å². The first-order valence-electron chi connectivity index (χ1n) is 29.8. The molecule has 99 heavy (non-hydrogen) atoms. The smallest absolute Gasteiger partial charge is 0.270 e. The molecule has 29 heteroatoms. The van der Waals surface area contributed by atoms with Gasteiger partial charge in [0.25, 0.3) is 5.69 Å². The lowest BCUT2D eigenvalue weighted by atomic mass is 10.2. The fourth-order valence-corrected chi connectivity index (χ4v) is 13.9. The van der Waals surface area contributed by atoms with E-state index in [1.807, 2.05) is 36.4 Å². The molecule has 508 valence electrons. The van der Waals surface area contributed by atoms with Gasteiger partial charge in [-0.1, -0.05) is 60.7 Å². The van der Waals surface area contributed by atoms with Crippen LogP contribution in [-0.4, -0.2) is 108 Å². The van der Waals surface area contributed by atoms with E-state index in [0.29, 0.717) is 108 Å². The van der Waals surface area contributed by atoms with Crippen LogP contribution in [0.3, 0.4) is 0 Å². The summed E-state index contributed by atoms with van der Waals surface area (Å²) in [5, 5.41) is 29.9. The van der Waals surface area contributed by atoms with Gasteiger partial charge < -0.3 is 55.2 Å². The van der Waals surface area contributed by atoms with Crippen LogP contribution in [0.15, 0.2) is 215 Å². The van der Waals surface area contributed by atoms with Gasteiger partial charge in [0, 0.05) is 89.5 Å². The van der Waals surface area contributed by atoms with Gasteiger partial charge in [-0.2, -0.15) is 0 Å². The number of non-ortho nitro benzene ring substituents is 1. The molecular weight excluding hydrogens is 1330 g/mol. The number of nitro benzene ring substituents is 1. The summed E-state index contributed by atoms with van der Waals surface area (Å²) in [6.45, 7) is -0.246. The number of sulfone groups is 3. The lowest BCUT2D eigenvalue weighted by molar-refractivity contribution is -0.385. The Morgan fingerprint density at radius 3 is 0.980 bits per heavy atom. The van der Waals surface area contributed by atoms with Gasteiger partial charge in [0.05, 0.1) is 119 Å². The van der Waals surface area contributed by atoms with Crippen LogP contribution in [0.2, 0.25) is 0 Å². The molecule has 0 aliphatic rings. The predicted octanol–water partition coefficient (Wildman–Crippen LogP) is 12.1. The Balaban J connectivity index is 0.000000161. The number of nitro groups is 1. The summed E-state index contributed by atoms with van der Waals surface area (Å²) >= 11 is 0. The van der Waals surface area contributed by atoms with Gasteiger partial charge in [-0.25, -0.2) is 55.2 Å². The van der Waals surface area contributed by atoms with Crippen molar-refractivity contribution in [3.05, 3.63) is 233 Å². The lowest BCUT2D eigenvalue weighted by Crippen LogP contribution is -2.11. The second-order valence-electron chi connectivity index (χ2n) is 21.6. The molecular formula is C70H65N11O15S3. The molecule has 0 amide bonds. The Labute approximate surface area is 569 Å². The van der Waals surface area contributed by atoms with Crippen LogP contribution in [0.4, 0.5) is 45.9 Å². The van der Waals surface area contributed by atoms with Crippen LogP contribution in [0.5, 0.6) is 34.5 Å². The van der Waals surface area contributed by atoms with Gasteiger partial charge in [0.15, 0.2) is 47.0 Å². The van der Waals surface area contributed by atoms with E-state index in [9.17, 15) is 40.5 Å². The highest BCUT2D eigenvalue weighted by Gasteiger charge is 2.26. The van der Waals surface area contributed by atoms with E-state index < -0.39 is 40.2 Å². The summed E-state index contributed by atoms with van der Waals surface area (Å²) in [6, 6.07) is 54.5. The van der Waals surface area contributed by atoms with Gasteiger partial charge >= 0.3 is 0 Å². The summed E-state index contributed by atoms with van der Waals surface area (Å²) in [5.41, 5.74) is 12.4. The van der Waals surface area contributed by atoms with Crippen LogP contribution in [0.25, 0.3) is 33.1 Å². The number of fused-ring (bicyclic) bond motifs is 3. The Kier molecular flexibility index (Phi) is 21.9. The lowest BCUT2D eigenvalue weighted by Gasteiger charge is -2.14. The Hall–Kier alpha value is -11.8. The van der Waals surface area contributed by atoms with Crippen LogP contribution in [-0.2, 0) is 53.4 Å². The third kappa shape index (κ3) is 17.6. The molecule has 12 rings (SSSR count). The molecule has 0 bridgehead atoms. The van der Waals surface area contributed by atoms with E-state index in [1.165, 1.54) is 56.7 Å². The van der Waals surface area contributed by atoms with Gasteiger partial charge in [-0.05, 0) is 78.4 Å². The second-order valence-corrected chi connectivity index (χ2v) is 27.6. The Bertz CT molecular complexity index is 5260. The highest BCUT2D eigenvalue weighted by atomic mass is 32.2. The molecule has 0 saturated heterocycles. The first kappa shape index (κ1) is 70.0. The number of ether oxygens (including phenoxy) is 6. The number of hydrogen-bond donors (Lipinski definition) is 5. The average molecular weight is 1400 g/mol. The minimum absolute atomic E-state index is 0.109. The number of aliphatic hydroxyl groups is 1. The number of benzene rings is 9. The number of nitrogen functional groups attached to an aromatic ring is 1. The van der Waals surface area contributed by atoms with Gasteiger partial charge in [0.2, 0.25) is 0 Å². The number of nitrogens with two attached hydrogens (primary N) is 1. The maximum Gasteiger partial charge on any atom is 0.270 e. The monoisotopic (exact) mass is 1400 g/mol. The van der Waals surface area contributed by atoms with Crippen molar-refractivity contribution >= 4 is 109 Å². The number of aliphatic hydroxyl groups excluding tert-OH is 1. The molecule has 12 aromatic rings. The molecule has 0 spiro atoms. The molecule has 6 N–H and O–H groups in total. The zero-order valence-corrected chi connectivity index (χ0v) is 56.4. The van der Waals surface area contributed by atoms with E-state index >= 15 is 0 Å². The van der Waals surface area contributed by atoms with Crippen molar-refractivity contribution < 1.29 is 63.7 Å². The number of nitrogens with zero attached hydrogens (tertiary/aromatic N) is 7. The maximum absolute atomic E-state index is 13.2. The average Bonchev–Trinajstić information content (AvgIpc) is 0.816. The van der Waals surface area contributed by atoms with Crippen LogP contribution >= 0.6 is 0 Å². The van der Waals surface area contributed by atoms with E-state index in [2.05, 4.69) is 45.9 Å². The molecule has 0 aliphatic heterocycles. The minimum atomic E-state index is -3.97. The number of anilines is 7. The van der Waals surface area contributed by atoms with E-state index in [0.717, 1.165) is 6.07 Å². The third-order valence-electron chi connectivity index (χ3n) is 14.8. The summed E-state index contributed by atoms with van der Waals surface area (Å²) in [5.74, 6) is 2.98. The molecule has 0 atom stereocenters. The van der Waals surface area contributed by atoms with E-state index in [1.54, 1.807) is 144 Å². The second kappa shape index (κ2) is 31.0. The molecule has 0 saturated carbocycles. The SMILES string of the molecule is COc1cc(Nc2nc3ccccc3nc2CS(=O)(=O)c2cccc(CO)c2)cc(OC)c1.COc1cc(Nc2nc3ccccc3nc2CS(=O)(=O)c2cccc(N)c2)cc(OC)c1.COc1cc(Nc2nc3ccccc3nc2CS(=O)(=O)c2cccc([N+](=O)[O-])c2)cc(OC)c1. The topological polar surface area (TPSA) is 361 Å². The normalized spacial score (nSPS) is 11.3. The van der Waals surface area contributed by atoms with E-state index in [-0.39, 0.29) is 61.4 Å². The number of nitrogens with one attached hydrogen (secondary N) is 3. The predicted molar refractivity (Wildman–Crippen MR) is 376 cm³/mol. The standard InChI is InChI=1S/C24H23N3O5S.C23H20N4O6S.C23H22N4O4S/c1-31-18-11-17(12-19(13-18)32-2)25-24-23(26-21-8-3-4-9-22(21)27-24)15-33(29,30)20-7-5-6-16(10-20)14-28;1-32-17-10-15(11-18(13-17)33-2)24-23-22(25-20-8-3-4-9-21(20)26-23)14-34(30,31)19-7-5-6-16(12-19)27(28)29;1-30-17-11-16(12-18(13-17)31-2)25-23-22(26-20-8-3-4-9-21(20)27-23)14-32(28,29)19-7-5-6-15(24)10-19/h3-13,28H,14-15H2,1-2H3,(H,25,27);3-13H,14H2,1-2H3,(H,24,26);3-13H,14,24H2,1-2H3,(H,25,27). The molecule has 3 aromatic heterocycles. The number of methoxy groups -OCH3 is 6. The van der Waals surface area contributed by atoms with Crippen LogP contribution in [0.1, 0.15) is 22.6 Å². The zero-order chi connectivity index (χ0) is 70.4. The van der Waals surface area contributed by atoms with Gasteiger partial charge in [0.1, 0.15) is 51.8 Å². The Morgan fingerprint density at radius 2 is 0.677 bits per heavy atom.